The third kappa shape index (κ3) is 2.55. The first-order valence-corrected chi connectivity index (χ1v) is 5.62. The average molecular weight is 237 g/mol. The molecule has 1 amide bonds. The van der Waals surface area contributed by atoms with E-state index in [2.05, 4.69) is 0 Å². The molecule has 17 heavy (non-hydrogen) atoms. The number of nitrogens with zero attached hydrogens (tertiary/aromatic N) is 1. The smallest absolute Gasteiger partial charge is 0.221 e. The Hall–Kier alpha value is -1.62. The van der Waals surface area contributed by atoms with Gasteiger partial charge in [-0.3, -0.25) is 9.69 Å². The largest absolute Gasteiger partial charge is 0.398 e. The van der Waals surface area contributed by atoms with Crippen LogP contribution in [0.3, 0.4) is 0 Å². The molecule has 0 bridgehead atoms. The molecule has 5 heteroatoms. The summed E-state index contributed by atoms with van der Waals surface area (Å²) in [6.45, 7) is 1.77. The van der Waals surface area contributed by atoms with E-state index in [4.69, 9.17) is 11.5 Å². The molecule has 1 aromatic carbocycles. The zero-order valence-corrected chi connectivity index (χ0v) is 9.53. The molecule has 1 atom stereocenters. The highest BCUT2D eigenvalue weighted by molar-refractivity contribution is 5.77. The Kier molecular flexibility index (Phi) is 3.28. The van der Waals surface area contributed by atoms with Gasteiger partial charge in [-0.15, -0.1) is 0 Å². The number of hydrogen-bond acceptors (Lipinski definition) is 3. The van der Waals surface area contributed by atoms with E-state index in [9.17, 15) is 9.18 Å². The van der Waals surface area contributed by atoms with Gasteiger partial charge in [-0.05, 0) is 25.1 Å². The number of benzene rings is 1. The molecule has 1 aromatic rings. The van der Waals surface area contributed by atoms with E-state index < -0.39 is 0 Å². The summed E-state index contributed by atoms with van der Waals surface area (Å²) in [6, 6.07) is 4.66. The Balaban J connectivity index is 2.05. The quantitative estimate of drug-likeness (QED) is 0.761. The molecule has 1 unspecified atom stereocenters. The number of anilines is 1. The lowest BCUT2D eigenvalue weighted by Gasteiger charge is -2.17. The summed E-state index contributed by atoms with van der Waals surface area (Å²) >= 11 is 0. The van der Waals surface area contributed by atoms with Gasteiger partial charge in [0.15, 0.2) is 0 Å². The highest BCUT2D eigenvalue weighted by atomic mass is 19.1. The Morgan fingerprint density at radius 1 is 1.53 bits per heavy atom. The minimum absolute atomic E-state index is 0.122. The summed E-state index contributed by atoms with van der Waals surface area (Å²) in [5.41, 5.74) is 11.9. The number of likely N-dealkylation sites (tertiary alicyclic amines) is 1. The summed E-state index contributed by atoms with van der Waals surface area (Å²) in [5.74, 6) is -0.704. The van der Waals surface area contributed by atoms with Gasteiger partial charge >= 0.3 is 0 Å². The zero-order chi connectivity index (χ0) is 12.4. The summed E-state index contributed by atoms with van der Waals surface area (Å²) in [4.78, 5) is 13.0. The first kappa shape index (κ1) is 11.9. The topological polar surface area (TPSA) is 72.4 Å². The summed E-state index contributed by atoms with van der Waals surface area (Å²) in [7, 11) is 0. The number of nitrogens with two attached hydrogens (primary N) is 2. The van der Waals surface area contributed by atoms with Crippen molar-refractivity contribution in [1.29, 1.82) is 0 Å². The molecular formula is C12H16FN3O. The normalized spacial score (nSPS) is 20.6. The van der Waals surface area contributed by atoms with E-state index in [1.165, 1.54) is 6.07 Å². The Bertz CT molecular complexity index is 416. The fourth-order valence-corrected chi connectivity index (χ4v) is 2.17. The van der Waals surface area contributed by atoms with Crippen molar-refractivity contribution in [3.8, 4) is 0 Å². The predicted octanol–water partition coefficient (Wildman–Crippen LogP) is 0.715. The van der Waals surface area contributed by atoms with Crippen LogP contribution in [0.15, 0.2) is 18.2 Å². The maximum absolute atomic E-state index is 13.6. The van der Waals surface area contributed by atoms with Gasteiger partial charge in [-0.25, -0.2) is 4.39 Å². The van der Waals surface area contributed by atoms with Gasteiger partial charge in [-0.1, -0.05) is 6.07 Å². The average Bonchev–Trinajstić information content (AvgIpc) is 2.72. The number of carbonyl (C=O) groups excluding carboxylic acids is 1. The zero-order valence-electron chi connectivity index (χ0n) is 9.53. The van der Waals surface area contributed by atoms with Crippen LogP contribution in [0.1, 0.15) is 12.0 Å². The Morgan fingerprint density at radius 2 is 2.29 bits per heavy atom. The summed E-state index contributed by atoms with van der Waals surface area (Å²) in [5, 5.41) is 0. The molecule has 92 valence electrons. The molecule has 0 radical (unpaired) electrons. The molecule has 1 aliphatic rings. The van der Waals surface area contributed by atoms with E-state index in [1.54, 1.807) is 12.1 Å². The standard InChI is InChI=1S/C12H16FN3O/c13-10-2-1-3-11(14)9(10)7-16-5-4-8(6-16)12(15)17/h1-3,8H,4-7,14H2,(H2,15,17). The third-order valence-corrected chi connectivity index (χ3v) is 3.21. The first-order valence-electron chi connectivity index (χ1n) is 5.62. The second-order valence-corrected chi connectivity index (χ2v) is 4.43. The van der Waals surface area contributed by atoms with Crippen molar-refractivity contribution in [3.05, 3.63) is 29.6 Å². The second-order valence-electron chi connectivity index (χ2n) is 4.43. The van der Waals surface area contributed by atoms with E-state index in [1.807, 2.05) is 4.90 Å². The van der Waals surface area contributed by atoms with Crippen molar-refractivity contribution in [2.75, 3.05) is 18.8 Å². The minimum atomic E-state index is -0.299. The van der Waals surface area contributed by atoms with Crippen LogP contribution in [0.5, 0.6) is 0 Å². The first-order chi connectivity index (χ1) is 8.08. The van der Waals surface area contributed by atoms with E-state index in [0.717, 1.165) is 13.0 Å². The Morgan fingerprint density at radius 3 is 2.88 bits per heavy atom. The number of nitrogen functional groups attached to an aromatic ring is 1. The maximum Gasteiger partial charge on any atom is 0.221 e. The lowest BCUT2D eigenvalue weighted by Crippen LogP contribution is -2.27. The van der Waals surface area contributed by atoms with Crippen molar-refractivity contribution >= 4 is 11.6 Å². The van der Waals surface area contributed by atoms with Crippen LogP contribution in [0, 0.1) is 11.7 Å². The highest BCUT2D eigenvalue weighted by Crippen LogP contribution is 2.22. The van der Waals surface area contributed by atoms with Crippen LogP contribution in [-0.4, -0.2) is 23.9 Å². The van der Waals surface area contributed by atoms with Crippen LogP contribution >= 0.6 is 0 Å². The number of primary amides is 1. The van der Waals surface area contributed by atoms with Crippen LogP contribution in [0.4, 0.5) is 10.1 Å². The van der Waals surface area contributed by atoms with Gasteiger partial charge in [0.25, 0.3) is 0 Å². The second kappa shape index (κ2) is 4.71. The number of amides is 1. The molecule has 1 saturated heterocycles. The Labute approximate surface area is 99.4 Å². The number of halogens is 1. The van der Waals surface area contributed by atoms with Crippen LogP contribution in [0.2, 0.25) is 0 Å². The molecule has 0 spiro atoms. The van der Waals surface area contributed by atoms with Crippen molar-refractivity contribution < 1.29 is 9.18 Å². The van der Waals surface area contributed by atoms with E-state index in [0.29, 0.717) is 24.3 Å². The lowest BCUT2D eigenvalue weighted by atomic mass is 10.1. The number of carbonyl (C=O) groups is 1. The molecular weight excluding hydrogens is 221 g/mol. The van der Waals surface area contributed by atoms with Crippen LogP contribution < -0.4 is 11.5 Å². The molecule has 1 fully saturated rings. The minimum Gasteiger partial charge on any atom is -0.398 e. The molecule has 0 aliphatic carbocycles. The van der Waals surface area contributed by atoms with Crippen molar-refractivity contribution in [2.45, 2.75) is 13.0 Å². The molecule has 4 N–H and O–H groups in total. The molecule has 0 aromatic heterocycles. The fourth-order valence-electron chi connectivity index (χ4n) is 2.17. The van der Waals surface area contributed by atoms with Crippen LogP contribution in [-0.2, 0) is 11.3 Å². The predicted molar refractivity (Wildman–Crippen MR) is 63.4 cm³/mol. The number of rotatable bonds is 3. The highest BCUT2D eigenvalue weighted by Gasteiger charge is 2.27. The van der Waals surface area contributed by atoms with Crippen molar-refractivity contribution in [3.63, 3.8) is 0 Å². The number of hydrogen-bond donors (Lipinski definition) is 2. The summed E-state index contributed by atoms with van der Waals surface area (Å²) in [6.07, 6.45) is 0.740. The molecule has 0 saturated carbocycles. The van der Waals surface area contributed by atoms with Gasteiger partial charge < -0.3 is 11.5 Å². The van der Waals surface area contributed by atoms with E-state index >= 15 is 0 Å². The SMILES string of the molecule is NC(=O)C1CCN(Cc2c(N)cccc2F)C1. The lowest BCUT2D eigenvalue weighted by molar-refractivity contribution is -0.121. The molecule has 4 nitrogen and oxygen atoms in total. The van der Waals surface area contributed by atoms with Gasteiger partial charge in [0.2, 0.25) is 5.91 Å². The van der Waals surface area contributed by atoms with E-state index in [-0.39, 0.29) is 17.6 Å². The van der Waals surface area contributed by atoms with Gasteiger partial charge in [0.05, 0.1) is 5.92 Å². The van der Waals surface area contributed by atoms with Crippen LogP contribution in [0.25, 0.3) is 0 Å². The third-order valence-electron chi connectivity index (χ3n) is 3.21. The van der Waals surface area contributed by atoms with Crippen molar-refractivity contribution in [1.82, 2.24) is 4.90 Å². The fraction of sp³-hybridized carbons (Fsp3) is 0.417. The molecule has 1 heterocycles. The monoisotopic (exact) mass is 237 g/mol. The van der Waals surface area contributed by atoms with Gasteiger partial charge in [0, 0.05) is 24.3 Å². The summed E-state index contributed by atoms with van der Waals surface area (Å²) < 4.78 is 13.6. The van der Waals surface area contributed by atoms with Gasteiger partial charge in [0.1, 0.15) is 5.82 Å². The maximum atomic E-state index is 13.6. The van der Waals surface area contributed by atoms with Crippen molar-refractivity contribution in [2.24, 2.45) is 11.7 Å². The van der Waals surface area contributed by atoms with Gasteiger partial charge in [-0.2, -0.15) is 0 Å². The molecule has 2 rings (SSSR count). The molecule has 1 aliphatic heterocycles.